The number of aliphatic hydroxyl groups is 3. The highest BCUT2D eigenvalue weighted by molar-refractivity contribution is 7.85. The number of esters is 2. The van der Waals surface area contributed by atoms with E-state index in [1.807, 2.05) is 0 Å². The van der Waals surface area contributed by atoms with Crippen molar-refractivity contribution in [2.24, 2.45) is 0 Å². The Labute approximate surface area is 370 Å². The van der Waals surface area contributed by atoms with Crippen molar-refractivity contribution in [1.29, 1.82) is 0 Å². The van der Waals surface area contributed by atoms with E-state index in [9.17, 15) is 37.9 Å². The van der Waals surface area contributed by atoms with E-state index in [0.717, 1.165) is 51.4 Å². The Hall–Kier alpha value is -2.13. The summed E-state index contributed by atoms with van der Waals surface area (Å²) in [5.74, 6) is -2.03. The molecule has 1 heterocycles. The number of carbonyl (C=O) groups is 2. The fourth-order valence-electron chi connectivity index (χ4n) is 7.21. The minimum absolute atomic E-state index is 0.117. The summed E-state index contributed by atoms with van der Waals surface area (Å²) in [6.45, 7) is 3.72. The molecule has 0 aromatic rings. The molecular formula is C48H86O12S. The number of ether oxygens (including phenoxy) is 4. The minimum atomic E-state index is -4.61. The smallest absolute Gasteiger partial charge is 0.306 e. The van der Waals surface area contributed by atoms with E-state index in [2.05, 4.69) is 50.3 Å². The van der Waals surface area contributed by atoms with Crippen molar-refractivity contribution in [1.82, 2.24) is 0 Å². The topological polar surface area (TPSA) is 186 Å². The van der Waals surface area contributed by atoms with Crippen LogP contribution in [0, 0.1) is 0 Å². The first-order chi connectivity index (χ1) is 29.5. The van der Waals surface area contributed by atoms with E-state index in [-0.39, 0.29) is 19.4 Å². The molecule has 1 rings (SSSR count). The third-order valence-electron chi connectivity index (χ3n) is 11.0. The molecule has 13 heteroatoms. The van der Waals surface area contributed by atoms with Crippen molar-refractivity contribution in [3.05, 3.63) is 36.5 Å². The molecule has 0 aromatic heterocycles. The lowest BCUT2D eigenvalue weighted by atomic mass is 10.00. The summed E-state index contributed by atoms with van der Waals surface area (Å²) < 4.78 is 54.1. The molecule has 0 aromatic carbocycles. The van der Waals surface area contributed by atoms with Gasteiger partial charge in [-0.3, -0.25) is 14.1 Å². The maximum atomic E-state index is 12.8. The van der Waals surface area contributed by atoms with Gasteiger partial charge in [-0.05, 0) is 51.4 Å². The average Bonchev–Trinajstić information content (AvgIpc) is 3.22. The van der Waals surface area contributed by atoms with Gasteiger partial charge < -0.3 is 34.3 Å². The van der Waals surface area contributed by atoms with Crippen LogP contribution in [0.15, 0.2) is 36.5 Å². The van der Waals surface area contributed by atoms with Crippen LogP contribution in [0.1, 0.15) is 200 Å². The van der Waals surface area contributed by atoms with Crippen LogP contribution in [0.4, 0.5) is 0 Å². The van der Waals surface area contributed by atoms with Crippen molar-refractivity contribution in [3.8, 4) is 0 Å². The zero-order valence-electron chi connectivity index (χ0n) is 38.0. The number of hydrogen-bond acceptors (Lipinski definition) is 11. The molecule has 1 aliphatic rings. The molecule has 2 unspecified atom stereocenters. The van der Waals surface area contributed by atoms with Crippen LogP contribution >= 0.6 is 0 Å². The lowest BCUT2D eigenvalue weighted by Gasteiger charge is -2.40. The molecule has 0 spiro atoms. The monoisotopic (exact) mass is 887 g/mol. The van der Waals surface area contributed by atoms with Gasteiger partial charge in [0.05, 0.1) is 6.61 Å². The fourth-order valence-corrected chi connectivity index (χ4v) is 7.90. The fraction of sp³-hybridized carbons (Fsp3) is 0.833. The van der Waals surface area contributed by atoms with Gasteiger partial charge in [0.15, 0.2) is 12.4 Å². The largest absolute Gasteiger partial charge is 0.462 e. The first kappa shape index (κ1) is 56.9. The molecule has 1 saturated heterocycles. The molecule has 0 saturated carbocycles. The molecule has 1 fully saturated rings. The Bertz CT molecular complexity index is 1270. The van der Waals surface area contributed by atoms with Crippen molar-refractivity contribution in [2.45, 2.75) is 237 Å². The first-order valence-electron chi connectivity index (χ1n) is 24.0. The number of rotatable bonds is 40. The van der Waals surface area contributed by atoms with Crippen LogP contribution in [0.5, 0.6) is 0 Å². The summed E-state index contributed by atoms with van der Waals surface area (Å²) in [6, 6.07) is 0. The molecule has 4 N–H and O–H groups in total. The Kier molecular flexibility index (Phi) is 35.8. The molecule has 6 atom stereocenters. The van der Waals surface area contributed by atoms with E-state index in [0.29, 0.717) is 12.8 Å². The van der Waals surface area contributed by atoms with E-state index in [1.54, 1.807) is 0 Å². The standard InChI is InChI=1S/C48H86O12S/c1-3-5-7-9-11-13-15-17-19-20-21-23-24-26-28-30-32-34-36-43(49)57-38-41(39-58-48-47(53)46(52)45(51)42(60-48)40-61(54,55)56)59-44(50)37-35-33-31-29-27-25-22-18-16-14-12-10-8-6-4-2/h12,14,18,22,27,29,41-42,45-48,51-53H,3-11,13,15-17,19-21,23-26,28,30-40H2,1-2H3,(H,54,55,56)/b14-12+,22-18+,29-27+/t41-,42-,45-,46?,47?,48+/m1/s1. The predicted molar refractivity (Wildman–Crippen MR) is 243 cm³/mol. The molecule has 0 bridgehead atoms. The number of hydrogen-bond donors (Lipinski definition) is 4. The van der Waals surface area contributed by atoms with E-state index in [1.165, 1.54) is 109 Å². The molecule has 0 radical (unpaired) electrons. The van der Waals surface area contributed by atoms with Crippen LogP contribution in [0.2, 0.25) is 0 Å². The van der Waals surface area contributed by atoms with Crippen molar-refractivity contribution < 1.29 is 56.8 Å². The lowest BCUT2D eigenvalue weighted by Crippen LogP contribution is -2.60. The highest BCUT2D eigenvalue weighted by Crippen LogP contribution is 2.24. The normalized spacial score (nSPS) is 20.3. The quantitative estimate of drug-likeness (QED) is 0.0198. The Balaban J connectivity index is 2.43. The third kappa shape index (κ3) is 33.1. The summed E-state index contributed by atoms with van der Waals surface area (Å²) in [6.07, 6.45) is 34.8. The second-order valence-corrected chi connectivity index (χ2v) is 18.3. The molecule has 0 aliphatic carbocycles. The van der Waals surface area contributed by atoms with Crippen LogP contribution < -0.4 is 0 Å². The summed E-state index contributed by atoms with van der Waals surface area (Å²) in [4.78, 5) is 25.4. The van der Waals surface area contributed by atoms with Gasteiger partial charge in [0, 0.05) is 12.8 Å². The third-order valence-corrected chi connectivity index (χ3v) is 11.7. The molecule has 356 valence electrons. The number of carbonyl (C=O) groups excluding carboxylic acids is 2. The highest BCUT2D eigenvalue weighted by Gasteiger charge is 2.46. The van der Waals surface area contributed by atoms with Gasteiger partial charge in [-0.25, -0.2) is 0 Å². The minimum Gasteiger partial charge on any atom is -0.462 e. The molecule has 0 amide bonds. The van der Waals surface area contributed by atoms with Gasteiger partial charge in [-0.2, -0.15) is 8.42 Å². The molecule has 12 nitrogen and oxygen atoms in total. The highest BCUT2D eigenvalue weighted by atomic mass is 32.2. The number of allylic oxidation sites excluding steroid dienone is 6. The van der Waals surface area contributed by atoms with Crippen LogP contribution in [0.25, 0.3) is 0 Å². The zero-order chi connectivity index (χ0) is 44.8. The zero-order valence-corrected chi connectivity index (χ0v) is 38.8. The molecule has 61 heavy (non-hydrogen) atoms. The second kappa shape index (κ2) is 38.3. The van der Waals surface area contributed by atoms with Gasteiger partial charge in [0.25, 0.3) is 10.1 Å². The van der Waals surface area contributed by atoms with Crippen LogP contribution in [-0.4, -0.2) is 96.0 Å². The number of aliphatic hydroxyl groups excluding tert-OH is 3. The Morgan fingerprint density at radius 1 is 0.557 bits per heavy atom. The summed E-state index contributed by atoms with van der Waals surface area (Å²) in [5.41, 5.74) is 0. The van der Waals surface area contributed by atoms with Gasteiger partial charge >= 0.3 is 11.9 Å². The predicted octanol–water partition coefficient (Wildman–Crippen LogP) is 10.2. The van der Waals surface area contributed by atoms with Crippen LogP contribution in [-0.2, 0) is 38.7 Å². The van der Waals surface area contributed by atoms with Gasteiger partial charge in [0.1, 0.15) is 36.8 Å². The summed E-state index contributed by atoms with van der Waals surface area (Å²) >= 11 is 0. The van der Waals surface area contributed by atoms with Crippen molar-refractivity contribution in [2.75, 3.05) is 19.0 Å². The van der Waals surface area contributed by atoms with E-state index in [4.69, 9.17) is 18.9 Å². The van der Waals surface area contributed by atoms with Gasteiger partial charge in [-0.1, -0.05) is 172 Å². The first-order valence-corrected chi connectivity index (χ1v) is 25.7. The number of unbranched alkanes of at least 4 members (excludes halogenated alkanes) is 22. The average molecular weight is 887 g/mol. The summed E-state index contributed by atoms with van der Waals surface area (Å²) in [7, 11) is -4.61. The van der Waals surface area contributed by atoms with E-state index >= 15 is 0 Å². The molecule has 1 aliphatic heterocycles. The Morgan fingerprint density at radius 3 is 1.49 bits per heavy atom. The summed E-state index contributed by atoms with van der Waals surface area (Å²) in [5, 5.41) is 30.9. The SMILES string of the molecule is CCCCC/C=C/C/C=C/C/C=C/CCCCC(=O)O[C@H](COC(=O)CCCCCCCCCCCCCCCCCCCC)CO[C@H]1O[C@H](CS(=O)(=O)O)[C@@H](O)C(O)C1O. The molecular weight excluding hydrogens is 801 g/mol. The maximum absolute atomic E-state index is 12.8. The van der Waals surface area contributed by atoms with Crippen molar-refractivity contribution in [3.63, 3.8) is 0 Å². The van der Waals surface area contributed by atoms with Crippen LogP contribution in [0.3, 0.4) is 0 Å². The Morgan fingerprint density at radius 2 is 0.984 bits per heavy atom. The second-order valence-electron chi connectivity index (χ2n) is 16.8. The maximum Gasteiger partial charge on any atom is 0.306 e. The van der Waals surface area contributed by atoms with Gasteiger partial charge in [-0.15, -0.1) is 0 Å². The van der Waals surface area contributed by atoms with E-state index < -0.39 is 71.2 Å². The van der Waals surface area contributed by atoms with Gasteiger partial charge in [0.2, 0.25) is 0 Å². The lowest BCUT2D eigenvalue weighted by molar-refractivity contribution is -0.297. The van der Waals surface area contributed by atoms with Crippen molar-refractivity contribution >= 4 is 22.1 Å².